The first-order valence-electron chi connectivity index (χ1n) is 11.6. The zero-order valence-corrected chi connectivity index (χ0v) is 19.6. The van der Waals surface area contributed by atoms with Crippen LogP contribution in [0, 0.1) is 6.92 Å². The van der Waals surface area contributed by atoms with Gasteiger partial charge < -0.3 is 19.9 Å². The van der Waals surface area contributed by atoms with Crippen LogP contribution in [0.15, 0.2) is 42.6 Å². The van der Waals surface area contributed by atoms with Crippen molar-refractivity contribution in [3.05, 3.63) is 59.4 Å². The molecule has 0 bridgehead atoms. The molecule has 2 atom stereocenters. The molecule has 1 fully saturated rings. The van der Waals surface area contributed by atoms with E-state index in [-0.39, 0.29) is 19.5 Å². The Bertz CT molecular complexity index is 1140. The first-order valence-corrected chi connectivity index (χ1v) is 11.6. The zero-order chi connectivity index (χ0) is 25.1. The van der Waals surface area contributed by atoms with Crippen LogP contribution in [0.3, 0.4) is 0 Å². The van der Waals surface area contributed by atoms with Crippen molar-refractivity contribution in [3.8, 4) is 5.75 Å². The van der Waals surface area contributed by atoms with Crippen molar-refractivity contribution in [2.45, 2.75) is 38.5 Å². The molecule has 35 heavy (non-hydrogen) atoms. The molecule has 0 saturated carbocycles. The van der Waals surface area contributed by atoms with Gasteiger partial charge in [0.25, 0.3) is 0 Å². The van der Waals surface area contributed by atoms with Crippen molar-refractivity contribution < 1.29 is 28.9 Å². The number of carbonyl (C=O) groups excluding carboxylic acids is 4. The molecular formula is C24H27BN4O6. The molecule has 11 heteroatoms. The van der Waals surface area contributed by atoms with Crippen molar-refractivity contribution in [3.63, 3.8) is 0 Å². The number of aryl methyl sites for hydroxylation is 1. The number of nitrogens with one attached hydrogen (secondary N) is 1. The fraction of sp³-hybridized carbons (Fsp3) is 0.375. The molecule has 1 aromatic heterocycles. The highest BCUT2D eigenvalue weighted by Crippen LogP contribution is 2.36. The number of hydrogen-bond acceptors (Lipinski definition) is 7. The number of fused-ring (bicyclic) bond motifs is 1. The van der Waals surface area contributed by atoms with Gasteiger partial charge in [0, 0.05) is 38.1 Å². The number of imide groups is 1. The second-order valence-electron chi connectivity index (χ2n) is 8.68. The number of benzene rings is 1. The number of piperazine rings is 1. The third-order valence-electron chi connectivity index (χ3n) is 6.39. The van der Waals surface area contributed by atoms with Crippen LogP contribution in [-0.2, 0) is 20.8 Å². The van der Waals surface area contributed by atoms with Gasteiger partial charge in [0.2, 0.25) is 0 Å². The zero-order valence-electron chi connectivity index (χ0n) is 19.6. The number of Topliss-reactive ketones (excluding diaryl/α,β-unsaturated/α-hetero) is 1. The van der Waals surface area contributed by atoms with E-state index in [0.29, 0.717) is 24.4 Å². The van der Waals surface area contributed by atoms with Crippen LogP contribution in [-0.4, -0.2) is 70.2 Å². The van der Waals surface area contributed by atoms with E-state index in [1.807, 2.05) is 25.1 Å². The van der Waals surface area contributed by atoms with Gasteiger partial charge in [-0.05, 0) is 43.5 Å². The number of nitrogens with zero attached hydrogens (tertiary/aromatic N) is 3. The average molecular weight is 478 g/mol. The van der Waals surface area contributed by atoms with Crippen molar-refractivity contribution in [1.29, 1.82) is 0 Å². The number of urea groups is 1. The van der Waals surface area contributed by atoms with Crippen LogP contribution < -0.4 is 9.97 Å². The van der Waals surface area contributed by atoms with Crippen LogP contribution in [0.4, 0.5) is 4.79 Å². The van der Waals surface area contributed by atoms with Crippen molar-refractivity contribution in [1.82, 2.24) is 20.1 Å². The van der Waals surface area contributed by atoms with E-state index in [2.05, 4.69) is 10.3 Å². The lowest BCUT2D eigenvalue weighted by atomic mass is 9.64. The van der Waals surface area contributed by atoms with Gasteiger partial charge in [-0.3, -0.25) is 24.3 Å². The van der Waals surface area contributed by atoms with Crippen LogP contribution in [0.25, 0.3) is 0 Å². The van der Waals surface area contributed by atoms with Crippen molar-refractivity contribution in [2.75, 3.05) is 19.6 Å². The van der Waals surface area contributed by atoms with Crippen LogP contribution in [0.1, 0.15) is 36.2 Å². The molecule has 3 heterocycles. The Balaban J connectivity index is 1.51. The Kier molecular flexibility index (Phi) is 7.16. The Morgan fingerprint density at radius 2 is 2.00 bits per heavy atom. The molecule has 4 amide bonds. The molecule has 1 aromatic carbocycles. The molecule has 2 aromatic rings. The summed E-state index contributed by atoms with van der Waals surface area (Å²) in [7, 11) is -1.19. The van der Waals surface area contributed by atoms with Crippen molar-refractivity contribution in [2.24, 2.45) is 0 Å². The average Bonchev–Trinajstić information content (AvgIpc) is 2.85. The van der Waals surface area contributed by atoms with Crippen LogP contribution in [0.2, 0.25) is 5.82 Å². The smallest absolute Gasteiger partial charge is 0.526 e. The van der Waals surface area contributed by atoms with Crippen LogP contribution in [0.5, 0.6) is 5.75 Å². The summed E-state index contributed by atoms with van der Waals surface area (Å²) in [5.74, 6) is -2.01. The second kappa shape index (κ2) is 10.3. The number of rotatable bonds is 6. The highest BCUT2D eigenvalue weighted by Gasteiger charge is 2.40. The summed E-state index contributed by atoms with van der Waals surface area (Å²) in [5.41, 5.74) is 2.08. The van der Waals surface area contributed by atoms with E-state index in [9.17, 15) is 24.2 Å². The molecule has 0 aliphatic carbocycles. The fourth-order valence-corrected chi connectivity index (χ4v) is 4.43. The van der Waals surface area contributed by atoms with Crippen molar-refractivity contribution >= 4 is 30.7 Å². The topological polar surface area (TPSA) is 129 Å². The van der Waals surface area contributed by atoms with E-state index in [1.165, 1.54) is 11.1 Å². The van der Waals surface area contributed by atoms with E-state index in [4.69, 9.17) is 4.65 Å². The quantitative estimate of drug-likeness (QED) is 0.473. The lowest BCUT2D eigenvalue weighted by Gasteiger charge is -2.33. The third kappa shape index (κ3) is 5.04. The maximum atomic E-state index is 13.4. The third-order valence-corrected chi connectivity index (χ3v) is 6.39. The number of aromatic nitrogens is 1. The Morgan fingerprint density at radius 1 is 1.20 bits per heavy atom. The Hall–Kier alpha value is -3.73. The molecule has 0 radical (unpaired) electrons. The largest absolute Gasteiger partial charge is 0.536 e. The highest BCUT2D eigenvalue weighted by molar-refractivity contribution is 6.46. The summed E-state index contributed by atoms with van der Waals surface area (Å²) in [5, 5.41) is 13.1. The SMILES string of the molecule is CCN1CCN(C(=O)NC(C(=O)C[C@H]2Cc3cccc(C)c3OB2O)c2ccccn2)C(=O)C1=O. The van der Waals surface area contributed by atoms with Gasteiger partial charge in [-0.1, -0.05) is 24.3 Å². The number of carbonyl (C=O) groups is 4. The highest BCUT2D eigenvalue weighted by atomic mass is 16.5. The van der Waals surface area contributed by atoms with E-state index in [1.54, 1.807) is 25.1 Å². The number of likely N-dealkylation sites (N-methyl/N-ethyl adjacent to an activating group) is 1. The lowest BCUT2D eigenvalue weighted by molar-refractivity contribution is -0.153. The van der Waals surface area contributed by atoms with E-state index in [0.717, 1.165) is 16.0 Å². The number of hydrogen-bond donors (Lipinski definition) is 2. The number of amides is 4. The predicted octanol–water partition coefficient (Wildman–Crippen LogP) is 1.28. The first kappa shape index (κ1) is 24.4. The molecule has 1 unspecified atom stereocenters. The Labute approximate surface area is 203 Å². The summed E-state index contributed by atoms with van der Waals surface area (Å²) in [4.78, 5) is 57.4. The van der Waals surface area contributed by atoms with Gasteiger partial charge in [-0.15, -0.1) is 0 Å². The van der Waals surface area contributed by atoms with Crippen LogP contribution >= 0.6 is 0 Å². The molecular weight excluding hydrogens is 451 g/mol. The maximum Gasteiger partial charge on any atom is 0.526 e. The molecule has 0 spiro atoms. The number of ketones is 1. The monoisotopic (exact) mass is 478 g/mol. The second-order valence-corrected chi connectivity index (χ2v) is 8.68. The molecule has 1 saturated heterocycles. The minimum absolute atomic E-state index is 0.0265. The molecule has 2 aliphatic heterocycles. The molecule has 2 aliphatic rings. The number of para-hydroxylation sites is 1. The number of pyridine rings is 1. The maximum absolute atomic E-state index is 13.4. The lowest BCUT2D eigenvalue weighted by Crippen LogP contribution is -2.58. The molecule has 2 N–H and O–H groups in total. The molecule has 10 nitrogen and oxygen atoms in total. The Morgan fingerprint density at radius 3 is 2.71 bits per heavy atom. The molecule has 182 valence electrons. The summed E-state index contributed by atoms with van der Waals surface area (Å²) >= 11 is 0. The van der Waals surface area contributed by atoms with Gasteiger partial charge in [0.15, 0.2) is 5.78 Å². The minimum Gasteiger partial charge on any atom is -0.536 e. The van der Waals surface area contributed by atoms with Gasteiger partial charge in [0.05, 0.1) is 5.69 Å². The predicted molar refractivity (Wildman–Crippen MR) is 126 cm³/mol. The minimum atomic E-state index is -1.19. The van der Waals surface area contributed by atoms with Gasteiger partial charge >= 0.3 is 25.0 Å². The summed E-state index contributed by atoms with van der Waals surface area (Å²) in [6.45, 7) is 4.25. The standard InChI is InChI=1S/C24H27BN4O6/c1-3-28-11-12-29(23(32)22(28)31)24(33)27-20(18-9-4-5-10-26-18)19(30)14-17-13-16-8-6-7-15(2)21(16)35-25(17)34/h4-10,17,20,34H,3,11-14H2,1-2H3,(H,27,33)/t17-,20?/m1/s1. The van der Waals surface area contributed by atoms with Gasteiger partial charge in [-0.2, -0.15) is 0 Å². The van der Waals surface area contributed by atoms with E-state index < -0.39 is 42.6 Å². The summed E-state index contributed by atoms with van der Waals surface area (Å²) < 4.78 is 5.69. The summed E-state index contributed by atoms with van der Waals surface area (Å²) in [6.07, 6.45) is 1.83. The first-order chi connectivity index (χ1) is 16.8. The van der Waals surface area contributed by atoms with E-state index >= 15 is 0 Å². The fourth-order valence-electron chi connectivity index (χ4n) is 4.43. The normalized spacial score (nSPS) is 18.6. The summed E-state index contributed by atoms with van der Waals surface area (Å²) in [6, 6.07) is 8.61. The van der Waals surface area contributed by atoms with Gasteiger partial charge in [0.1, 0.15) is 11.8 Å². The van der Waals surface area contributed by atoms with Gasteiger partial charge in [-0.25, -0.2) is 4.79 Å². The molecule has 4 rings (SSSR count).